The SMILES string of the molecule is O=C1C2=C(CC3=C(C(F)(F)F)C=CNC13)N1CCCCC1CO2. The van der Waals surface area contributed by atoms with E-state index in [1.165, 1.54) is 6.20 Å². The number of alkyl halides is 3. The Morgan fingerprint density at radius 2 is 2.13 bits per heavy atom. The molecule has 0 aromatic rings. The fourth-order valence-corrected chi connectivity index (χ4v) is 3.93. The molecule has 4 nitrogen and oxygen atoms in total. The second kappa shape index (κ2) is 5.04. The van der Waals surface area contributed by atoms with Gasteiger partial charge < -0.3 is 15.0 Å². The van der Waals surface area contributed by atoms with E-state index in [0.29, 0.717) is 12.3 Å². The van der Waals surface area contributed by atoms with E-state index in [4.69, 9.17) is 4.74 Å². The standard InChI is InChI=1S/C16H17F3N2O2/c17-16(18,19)11-4-5-20-13-10(11)7-12-15(14(13)22)23-8-9-3-1-2-6-21(9)12/h4-5,9,13,20H,1-3,6-8H2. The van der Waals surface area contributed by atoms with Crippen LogP contribution in [0.4, 0.5) is 13.2 Å². The van der Waals surface area contributed by atoms with Crippen LogP contribution in [0.1, 0.15) is 25.7 Å². The zero-order valence-corrected chi connectivity index (χ0v) is 12.4. The molecule has 3 aliphatic heterocycles. The van der Waals surface area contributed by atoms with Crippen molar-refractivity contribution >= 4 is 5.78 Å². The van der Waals surface area contributed by atoms with Crippen molar-refractivity contribution in [1.82, 2.24) is 10.2 Å². The lowest BCUT2D eigenvalue weighted by atomic mass is 9.83. The average Bonchev–Trinajstić information content (AvgIpc) is 2.53. The number of fused-ring (bicyclic) bond motifs is 3. The van der Waals surface area contributed by atoms with Crippen LogP contribution in [0.2, 0.25) is 0 Å². The molecule has 0 aromatic heterocycles. The maximum atomic E-state index is 13.3. The molecule has 4 rings (SSSR count). The minimum absolute atomic E-state index is 0.110. The van der Waals surface area contributed by atoms with Crippen molar-refractivity contribution in [1.29, 1.82) is 0 Å². The van der Waals surface area contributed by atoms with Crippen LogP contribution in [0.3, 0.4) is 0 Å². The Morgan fingerprint density at radius 1 is 1.30 bits per heavy atom. The minimum atomic E-state index is -4.46. The molecule has 1 saturated heterocycles. The summed E-state index contributed by atoms with van der Waals surface area (Å²) in [5.74, 6) is -0.141. The van der Waals surface area contributed by atoms with Crippen LogP contribution in [0.15, 0.2) is 34.9 Å². The Labute approximate surface area is 131 Å². The third kappa shape index (κ3) is 2.24. The monoisotopic (exact) mass is 326 g/mol. The quantitative estimate of drug-likeness (QED) is 0.742. The van der Waals surface area contributed by atoms with Gasteiger partial charge in [0.05, 0.1) is 17.3 Å². The lowest BCUT2D eigenvalue weighted by Gasteiger charge is -2.46. The summed E-state index contributed by atoms with van der Waals surface area (Å²) in [6.45, 7) is 1.22. The van der Waals surface area contributed by atoms with E-state index < -0.39 is 23.6 Å². The number of hydrogen-bond donors (Lipinski definition) is 1. The molecule has 0 spiro atoms. The van der Waals surface area contributed by atoms with Crippen LogP contribution in [-0.4, -0.2) is 42.1 Å². The number of piperidine rings is 1. The number of ketones is 1. The fraction of sp³-hybridized carbons (Fsp3) is 0.562. The van der Waals surface area contributed by atoms with E-state index in [0.717, 1.165) is 31.9 Å². The number of halogens is 3. The zero-order chi connectivity index (χ0) is 16.2. The molecule has 0 aromatic carbocycles. The normalized spacial score (nSPS) is 30.4. The first kappa shape index (κ1) is 14.7. The highest BCUT2D eigenvalue weighted by molar-refractivity contribution is 6.02. The number of rotatable bonds is 0. The predicted octanol–water partition coefficient (Wildman–Crippen LogP) is 2.40. The van der Waals surface area contributed by atoms with Gasteiger partial charge >= 0.3 is 6.18 Å². The molecule has 1 N–H and O–H groups in total. The summed E-state index contributed by atoms with van der Waals surface area (Å²) >= 11 is 0. The highest BCUT2D eigenvalue weighted by Crippen LogP contribution is 2.42. The molecule has 1 fully saturated rings. The first-order valence-electron chi connectivity index (χ1n) is 7.86. The molecule has 23 heavy (non-hydrogen) atoms. The highest BCUT2D eigenvalue weighted by Gasteiger charge is 2.46. The molecule has 3 heterocycles. The summed E-state index contributed by atoms with van der Waals surface area (Å²) in [4.78, 5) is 14.7. The van der Waals surface area contributed by atoms with Gasteiger partial charge in [-0.05, 0) is 37.1 Å². The van der Waals surface area contributed by atoms with Gasteiger partial charge in [0.2, 0.25) is 5.78 Å². The maximum absolute atomic E-state index is 13.3. The molecule has 0 radical (unpaired) electrons. The van der Waals surface area contributed by atoms with Gasteiger partial charge in [0.1, 0.15) is 12.6 Å². The van der Waals surface area contributed by atoms with Gasteiger partial charge in [0.15, 0.2) is 5.76 Å². The molecule has 124 valence electrons. The smallest absolute Gasteiger partial charge is 0.416 e. The summed E-state index contributed by atoms with van der Waals surface area (Å²) in [6.07, 6.45) is 0.918. The zero-order valence-electron chi connectivity index (χ0n) is 12.4. The molecular formula is C16H17F3N2O2. The Balaban J connectivity index is 1.79. The van der Waals surface area contributed by atoms with Gasteiger partial charge in [0.25, 0.3) is 0 Å². The van der Waals surface area contributed by atoms with Gasteiger partial charge in [-0.1, -0.05) is 0 Å². The van der Waals surface area contributed by atoms with Crippen molar-refractivity contribution < 1.29 is 22.7 Å². The summed E-state index contributed by atoms with van der Waals surface area (Å²) < 4.78 is 45.5. The van der Waals surface area contributed by atoms with E-state index in [2.05, 4.69) is 10.2 Å². The second-order valence-electron chi connectivity index (χ2n) is 6.34. The number of dihydropyridines is 1. The number of hydrogen-bond acceptors (Lipinski definition) is 4. The molecular weight excluding hydrogens is 309 g/mol. The number of allylic oxidation sites excluding steroid dienone is 3. The predicted molar refractivity (Wildman–Crippen MR) is 76.1 cm³/mol. The lowest BCUT2D eigenvalue weighted by molar-refractivity contribution is -0.122. The molecule has 0 amide bonds. The van der Waals surface area contributed by atoms with Crippen LogP contribution in [0, 0.1) is 0 Å². The van der Waals surface area contributed by atoms with Crippen molar-refractivity contribution in [3.8, 4) is 0 Å². The number of nitrogens with zero attached hydrogens (tertiary/aromatic N) is 1. The van der Waals surface area contributed by atoms with Crippen LogP contribution in [-0.2, 0) is 9.53 Å². The number of Topliss-reactive ketones (excluding diaryl/α,β-unsaturated/α-hetero) is 1. The van der Waals surface area contributed by atoms with Gasteiger partial charge in [-0.2, -0.15) is 13.2 Å². The van der Waals surface area contributed by atoms with Crippen molar-refractivity contribution in [3.05, 3.63) is 34.9 Å². The lowest BCUT2D eigenvalue weighted by Crippen LogP contribution is -2.52. The third-order valence-electron chi connectivity index (χ3n) is 5.01. The average molecular weight is 326 g/mol. The van der Waals surface area contributed by atoms with Crippen LogP contribution < -0.4 is 5.32 Å². The van der Waals surface area contributed by atoms with Crippen LogP contribution >= 0.6 is 0 Å². The van der Waals surface area contributed by atoms with Crippen molar-refractivity contribution in [2.24, 2.45) is 0 Å². The molecule has 0 bridgehead atoms. The summed E-state index contributed by atoms with van der Waals surface area (Å²) in [6, 6.07) is -0.786. The molecule has 4 aliphatic rings. The van der Waals surface area contributed by atoms with Crippen LogP contribution in [0.25, 0.3) is 0 Å². The van der Waals surface area contributed by atoms with Gasteiger partial charge in [-0.3, -0.25) is 4.79 Å². The Kier molecular flexibility index (Phi) is 3.21. The molecule has 1 aliphatic carbocycles. The number of carbonyl (C=O) groups excluding carboxylic acids is 1. The molecule has 0 saturated carbocycles. The summed E-state index contributed by atoms with van der Waals surface area (Å²) in [7, 11) is 0. The summed E-state index contributed by atoms with van der Waals surface area (Å²) in [5.41, 5.74) is 0.0370. The Hall–Kier alpha value is -1.92. The number of ether oxygens (including phenoxy) is 1. The van der Waals surface area contributed by atoms with Crippen LogP contribution in [0.5, 0.6) is 0 Å². The van der Waals surface area contributed by atoms with E-state index in [1.54, 1.807) is 0 Å². The van der Waals surface area contributed by atoms with Crippen molar-refractivity contribution in [2.75, 3.05) is 13.2 Å². The topological polar surface area (TPSA) is 41.6 Å². The van der Waals surface area contributed by atoms with E-state index in [-0.39, 0.29) is 23.8 Å². The highest BCUT2D eigenvalue weighted by atomic mass is 19.4. The number of nitrogens with one attached hydrogen (secondary N) is 1. The van der Waals surface area contributed by atoms with Crippen molar-refractivity contribution in [2.45, 2.75) is 43.9 Å². The summed E-state index contributed by atoms with van der Waals surface area (Å²) in [5, 5.41) is 2.76. The second-order valence-corrected chi connectivity index (χ2v) is 6.34. The largest absolute Gasteiger partial charge is 0.486 e. The first-order chi connectivity index (χ1) is 11.0. The molecule has 2 unspecified atom stereocenters. The number of carbonyl (C=O) groups is 1. The minimum Gasteiger partial charge on any atom is -0.486 e. The van der Waals surface area contributed by atoms with Gasteiger partial charge in [-0.15, -0.1) is 0 Å². The van der Waals surface area contributed by atoms with Gasteiger partial charge in [-0.25, -0.2) is 0 Å². The Morgan fingerprint density at radius 3 is 2.91 bits per heavy atom. The molecule has 2 atom stereocenters. The third-order valence-corrected chi connectivity index (χ3v) is 5.01. The Bertz CT molecular complexity index is 648. The van der Waals surface area contributed by atoms with E-state index >= 15 is 0 Å². The van der Waals surface area contributed by atoms with Crippen molar-refractivity contribution in [3.63, 3.8) is 0 Å². The van der Waals surface area contributed by atoms with E-state index in [9.17, 15) is 18.0 Å². The first-order valence-corrected chi connectivity index (χ1v) is 7.86. The van der Waals surface area contributed by atoms with Gasteiger partial charge in [0, 0.05) is 13.0 Å². The molecule has 7 heteroatoms. The maximum Gasteiger partial charge on any atom is 0.416 e. The fourth-order valence-electron chi connectivity index (χ4n) is 3.93. The van der Waals surface area contributed by atoms with E-state index in [1.807, 2.05) is 0 Å².